The largest absolute Gasteiger partial charge is 0.545 e. The van der Waals surface area contributed by atoms with Crippen molar-refractivity contribution in [2.75, 3.05) is 11.8 Å². The van der Waals surface area contributed by atoms with Gasteiger partial charge in [-0.15, -0.1) is 5.23 Å². The number of rotatable bonds is 5. The number of ether oxygens (including phenoxy) is 1. The minimum absolute atomic E-state index is 0.379. The lowest BCUT2D eigenvalue weighted by atomic mass is 10.2. The van der Waals surface area contributed by atoms with E-state index in [1.54, 1.807) is 0 Å². The third-order valence-corrected chi connectivity index (χ3v) is 1.63. The number of aromatic carboxylic acids is 1. The highest BCUT2D eigenvalue weighted by atomic mass is 19.3. The molecule has 7 nitrogen and oxygen atoms in total. The van der Waals surface area contributed by atoms with E-state index >= 15 is 0 Å². The summed E-state index contributed by atoms with van der Waals surface area (Å²) in [5, 5.41) is 27.5. The van der Waals surface area contributed by atoms with Gasteiger partial charge in [0, 0.05) is 0 Å². The van der Waals surface area contributed by atoms with Crippen LogP contribution in [0.15, 0.2) is 12.3 Å². The molecule has 0 spiro atoms. The molecule has 0 bridgehead atoms. The van der Waals surface area contributed by atoms with Crippen LogP contribution in [0.3, 0.4) is 0 Å². The Morgan fingerprint density at radius 1 is 1.59 bits per heavy atom. The molecule has 0 atom stereocenters. The summed E-state index contributed by atoms with van der Waals surface area (Å²) >= 11 is 0. The molecule has 17 heavy (non-hydrogen) atoms. The first-order chi connectivity index (χ1) is 7.91. The summed E-state index contributed by atoms with van der Waals surface area (Å²) in [5.41, 5.74) is -1.05. The second kappa shape index (κ2) is 5.37. The Labute approximate surface area is 93.4 Å². The Balaban J connectivity index is 3.00. The zero-order valence-electron chi connectivity index (χ0n) is 8.21. The van der Waals surface area contributed by atoms with Crippen molar-refractivity contribution >= 4 is 11.7 Å². The average Bonchev–Trinajstić information content (AvgIpc) is 2.25. The SMILES string of the molecule is O=C([O-])c1cc(N(O)O)cnc1OCC(F)F. The van der Waals surface area contributed by atoms with E-state index in [0.717, 1.165) is 12.3 Å². The van der Waals surface area contributed by atoms with Crippen molar-refractivity contribution in [3.05, 3.63) is 17.8 Å². The van der Waals surface area contributed by atoms with Gasteiger partial charge in [0.25, 0.3) is 6.43 Å². The Bertz CT molecular complexity index is 413. The molecule has 0 unspecified atom stereocenters. The molecule has 0 radical (unpaired) electrons. The molecule has 1 heterocycles. The van der Waals surface area contributed by atoms with Crippen LogP contribution in [0.2, 0.25) is 0 Å². The van der Waals surface area contributed by atoms with Crippen molar-refractivity contribution in [3.63, 3.8) is 0 Å². The van der Waals surface area contributed by atoms with Crippen molar-refractivity contribution in [3.8, 4) is 5.88 Å². The predicted molar refractivity (Wildman–Crippen MR) is 46.1 cm³/mol. The summed E-state index contributed by atoms with van der Waals surface area (Å²) in [6.45, 7) is -1.03. The van der Waals surface area contributed by atoms with Crippen LogP contribution in [0.25, 0.3) is 0 Å². The highest BCUT2D eigenvalue weighted by Gasteiger charge is 2.12. The van der Waals surface area contributed by atoms with Crippen molar-refractivity contribution in [2.24, 2.45) is 0 Å². The van der Waals surface area contributed by atoms with Crippen molar-refractivity contribution in [1.82, 2.24) is 4.98 Å². The molecule has 0 aliphatic carbocycles. The van der Waals surface area contributed by atoms with Crippen molar-refractivity contribution in [1.29, 1.82) is 0 Å². The lowest BCUT2D eigenvalue weighted by molar-refractivity contribution is -0.255. The maximum absolute atomic E-state index is 11.9. The van der Waals surface area contributed by atoms with Crippen molar-refractivity contribution in [2.45, 2.75) is 6.43 Å². The molecule has 1 rings (SSSR count). The number of halogens is 2. The van der Waals surface area contributed by atoms with Crippen LogP contribution in [0.4, 0.5) is 14.5 Å². The van der Waals surface area contributed by atoms with E-state index in [4.69, 9.17) is 10.4 Å². The number of hydrogen-bond donors (Lipinski definition) is 2. The molecule has 0 aliphatic rings. The molecule has 0 fully saturated rings. The molecule has 0 aromatic carbocycles. The normalized spacial score (nSPS) is 10.4. The van der Waals surface area contributed by atoms with Crippen molar-refractivity contribution < 1.29 is 33.8 Å². The van der Waals surface area contributed by atoms with E-state index in [-0.39, 0.29) is 10.9 Å². The van der Waals surface area contributed by atoms with Crippen LogP contribution in [-0.4, -0.2) is 34.4 Å². The first kappa shape index (κ1) is 13.1. The Hall–Kier alpha value is -2.00. The zero-order valence-corrected chi connectivity index (χ0v) is 8.21. The summed E-state index contributed by atoms with van der Waals surface area (Å²) in [6, 6.07) is 0.753. The quantitative estimate of drug-likeness (QED) is 0.688. The molecule has 94 valence electrons. The fourth-order valence-corrected chi connectivity index (χ4v) is 0.954. The molecular weight excluding hydrogens is 242 g/mol. The van der Waals surface area contributed by atoms with E-state index in [0.29, 0.717) is 0 Å². The van der Waals surface area contributed by atoms with E-state index in [2.05, 4.69) is 9.72 Å². The standard InChI is InChI=1S/C8H8F2N2O5/c9-6(10)3-17-7-5(8(13)14)1-4(2-11-7)12(15)16/h1-2,6,15-16H,3H2,(H,13,14)/p-1. The number of aromatic nitrogens is 1. The Morgan fingerprint density at radius 2 is 2.24 bits per heavy atom. The Kier molecular flexibility index (Phi) is 4.12. The smallest absolute Gasteiger partial charge is 0.272 e. The van der Waals surface area contributed by atoms with E-state index in [9.17, 15) is 18.7 Å². The number of anilines is 1. The summed E-state index contributed by atoms with van der Waals surface area (Å²) in [5.74, 6) is -2.33. The minimum atomic E-state index is -2.79. The third-order valence-electron chi connectivity index (χ3n) is 1.63. The number of hydrogen-bond acceptors (Lipinski definition) is 7. The maximum Gasteiger partial charge on any atom is 0.272 e. The zero-order chi connectivity index (χ0) is 13.0. The summed E-state index contributed by atoms with van der Waals surface area (Å²) < 4.78 is 28.1. The van der Waals surface area contributed by atoms with Crippen LogP contribution >= 0.6 is 0 Å². The van der Waals surface area contributed by atoms with Gasteiger partial charge in [0.05, 0.1) is 17.7 Å². The molecular formula is C8H7F2N2O5-. The molecule has 2 N–H and O–H groups in total. The number of carboxylic acids is 1. The van der Waals surface area contributed by atoms with Gasteiger partial charge >= 0.3 is 0 Å². The van der Waals surface area contributed by atoms with Gasteiger partial charge in [0.15, 0.2) is 6.61 Å². The molecule has 0 amide bonds. The van der Waals surface area contributed by atoms with Crippen LogP contribution in [0.1, 0.15) is 10.4 Å². The van der Waals surface area contributed by atoms with Crippen LogP contribution in [0, 0.1) is 0 Å². The summed E-state index contributed by atoms with van der Waals surface area (Å²) in [4.78, 5) is 14.0. The monoisotopic (exact) mass is 249 g/mol. The maximum atomic E-state index is 11.9. The van der Waals surface area contributed by atoms with Crippen LogP contribution < -0.4 is 15.1 Å². The highest BCUT2D eigenvalue weighted by molar-refractivity contribution is 5.89. The number of carbonyl (C=O) groups excluding carboxylic acids is 1. The van der Waals surface area contributed by atoms with E-state index in [1.807, 2.05) is 0 Å². The lowest BCUT2D eigenvalue weighted by Gasteiger charge is -2.13. The van der Waals surface area contributed by atoms with Gasteiger partial charge in [-0.3, -0.25) is 10.4 Å². The van der Waals surface area contributed by atoms with Gasteiger partial charge in [-0.2, -0.15) is 0 Å². The van der Waals surface area contributed by atoms with Gasteiger partial charge in [0.1, 0.15) is 5.69 Å². The van der Waals surface area contributed by atoms with Gasteiger partial charge in [-0.25, -0.2) is 13.8 Å². The number of carboxylic acid groups (broad SMARTS) is 1. The number of nitrogens with zero attached hydrogens (tertiary/aromatic N) is 2. The van der Waals surface area contributed by atoms with Gasteiger partial charge in [-0.05, 0) is 6.07 Å². The Morgan fingerprint density at radius 3 is 2.71 bits per heavy atom. The molecule has 1 aromatic heterocycles. The molecule has 0 saturated heterocycles. The predicted octanol–water partition coefficient (Wildman–Crippen LogP) is -0.326. The first-order valence-corrected chi connectivity index (χ1v) is 4.22. The van der Waals surface area contributed by atoms with Crippen LogP contribution in [-0.2, 0) is 0 Å². The van der Waals surface area contributed by atoms with Gasteiger partial charge in [0.2, 0.25) is 5.88 Å². The minimum Gasteiger partial charge on any atom is -0.545 e. The van der Waals surface area contributed by atoms with Crippen LogP contribution in [0.5, 0.6) is 5.88 Å². The highest BCUT2D eigenvalue weighted by Crippen LogP contribution is 2.20. The van der Waals surface area contributed by atoms with Gasteiger partial charge in [-0.1, -0.05) is 0 Å². The van der Waals surface area contributed by atoms with E-state index < -0.39 is 30.4 Å². The van der Waals surface area contributed by atoms with Gasteiger partial charge < -0.3 is 14.6 Å². The third kappa shape index (κ3) is 3.50. The molecule has 9 heteroatoms. The fourth-order valence-electron chi connectivity index (χ4n) is 0.954. The molecule has 0 aliphatic heterocycles. The average molecular weight is 249 g/mol. The summed E-state index contributed by atoms with van der Waals surface area (Å²) in [7, 11) is 0. The fraction of sp³-hybridized carbons (Fsp3) is 0.250. The second-order valence-corrected chi connectivity index (χ2v) is 2.83. The molecule has 0 saturated carbocycles. The first-order valence-electron chi connectivity index (χ1n) is 4.22. The number of carbonyl (C=O) groups is 1. The topological polar surface area (TPSA) is 106 Å². The number of alkyl halides is 2. The number of pyridine rings is 1. The van der Waals surface area contributed by atoms with E-state index in [1.165, 1.54) is 0 Å². The second-order valence-electron chi connectivity index (χ2n) is 2.83. The lowest BCUT2D eigenvalue weighted by Crippen LogP contribution is -2.25. The summed E-state index contributed by atoms with van der Waals surface area (Å²) in [6.07, 6.45) is -1.97. The molecule has 1 aromatic rings.